The van der Waals surface area contributed by atoms with Gasteiger partial charge in [0.1, 0.15) is 0 Å². The molecule has 0 aromatic heterocycles. The summed E-state index contributed by atoms with van der Waals surface area (Å²) < 4.78 is 0. The summed E-state index contributed by atoms with van der Waals surface area (Å²) in [6.07, 6.45) is 5.35. The predicted molar refractivity (Wildman–Crippen MR) is 118 cm³/mol. The zero-order chi connectivity index (χ0) is 23.9. The van der Waals surface area contributed by atoms with Crippen molar-refractivity contribution in [2.45, 2.75) is 93.4 Å². The van der Waals surface area contributed by atoms with Crippen LogP contribution < -0.4 is 35.7 Å². The maximum Gasteiger partial charge on any atom is 4.00 e. The van der Waals surface area contributed by atoms with E-state index in [4.69, 9.17) is 0 Å². The summed E-state index contributed by atoms with van der Waals surface area (Å²) in [6.45, 7) is 13.6. The monoisotopic (exact) mass is 468 g/mol. The van der Waals surface area contributed by atoms with Crippen molar-refractivity contribution in [1.29, 1.82) is 0 Å². The molecule has 0 fully saturated rings. The molecule has 0 aromatic rings. The number of rotatable bonds is 7. The van der Waals surface area contributed by atoms with E-state index in [1.807, 2.05) is 48.5 Å². The molecule has 0 saturated carbocycles. The van der Waals surface area contributed by atoms with Crippen molar-refractivity contribution < 1.29 is 35.7 Å². The van der Waals surface area contributed by atoms with E-state index in [-0.39, 0.29) is 74.6 Å². The third kappa shape index (κ3) is 385. The SMILES string of the molecule is CCC[O-].CCC[O-].CCC[O-].CCC[O-].CCC[O-].CCC[O-].CCC[O-].[Al+3].[Si+4]. The Labute approximate surface area is 203 Å². The van der Waals surface area contributed by atoms with Crippen LogP contribution in [0.25, 0.3) is 0 Å². The molecular weight excluding hydrogens is 419 g/mol. The summed E-state index contributed by atoms with van der Waals surface area (Å²) >= 11 is 0. The van der Waals surface area contributed by atoms with E-state index in [0.717, 1.165) is 44.9 Å². The van der Waals surface area contributed by atoms with Crippen LogP contribution in [0.5, 0.6) is 0 Å². The molecule has 0 atom stereocenters. The van der Waals surface area contributed by atoms with Gasteiger partial charge in [0.05, 0.1) is 0 Å². The summed E-state index contributed by atoms with van der Waals surface area (Å²) in [6, 6.07) is 0. The Balaban J connectivity index is -0.0000000242. The molecule has 182 valence electrons. The van der Waals surface area contributed by atoms with Crippen molar-refractivity contribution in [2.75, 3.05) is 46.2 Å². The van der Waals surface area contributed by atoms with Crippen molar-refractivity contribution in [3.05, 3.63) is 0 Å². The first kappa shape index (κ1) is 57.4. The van der Waals surface area contributed by atoms with Crippen molar-refractivity contribution in [1.82, 2.24) is 0 Å². The van der Waals surface area contributed by atoms with E-state index in [9.17, 15) is 35.7 Å². The molecule has 0 bridgehead atoms. The molecule has 0 unspecified atom stereocenters. The van der Waals surface area contributed by atoms with Gasteiger partial charge in [0.15, 0.2) is 0 Å². The first-order valence-corrected chi connectivity index (χ1v) is 10.5. The zero-order valence-electron chi connectivity index (χ0n) is 20.8. The Morgan fingerprint density at radius 3 is 0.333 bits per heavy atom. The molecule has 0 radical (unpaired) electrons. The zero-order valence-corrected chi connectivity index (χ0v) is 23.0. The quantitative estimate of drug-likeness (QED) is 0.374. The summed E-state index contributed by atoms with van der Waals surface area (Å²) in [5.41, 5.74) is 0. The Kier molecular flexibility index (Phi) is 218. The molecule has 0 aliphatic rings. The first-order valence-electron chi connectivity index (χ1n) is 10.5. The minimum Gasteiger partial charge on any atom is -0.854 e. The van der Waals surface area contributed by atoms with Crippen LogP contribution in [0.15, 0.2) is 0 Å². The van der Waals surface area contributed by atoms with E-state index >= 15 is 0 Å². The molecule has 0 amide bonds. The normalized spacial score (nSPS) is 7.00. The molecular formula is C21H49AlO7Si. The molecule has 7 nitrogen and oxygen atoms in total. The average Bonchev–Trinajstić information content (AvgIpc) is 2.79. The third-order valence-electron chi connectivity index (χ3n) is 1.43. The van der Waals surface area contributed by atoms with Crippen molar-refractivity contribution in [2.24, 2.45) is 0 Å². The fourth-order valence-corrected chi connectivity index (χ4v) is 0. The summed E-state index contributed by atoms with van der Waals surface area (Å²) in [7, 11) is 0. The summed E-state index contributed by atoms with van der Waals surface area (Å²) in [4.78, 5) is 0. The molecule has 0 aliphatic heterocycles. The molecule has 0 heterocycles. The Hall–Kier alpha value is 0.469. The van der Waals surface area contributed by atoms with Gasteiger partial charge in [-0.05, 0) is 0 Å². The van der Waals surface area contributed by atoms with Gasteiger partial charge in [-0.1, -0.05) is 93.4 Å². The van der Waals surface area contributed by atoms with E-state index in [1.54, 1.807) is 0 Å². The molecule has 0 N–H and O–H groups in total. The fourth-order valence-electron chi connectivity index (χ4n) is 0. The van der Waals surface area contributed by atoms with Gasteiger partial charge in [0, 0.05) is 0 Å². The Morgan fingerprint density at radius 2 is 0.333 bits per heavy atom. The van der Waals surface area contributed by atoms with Crippen molar-refractivity contribution >= 4 is 28.3 Å². The topological polar surface area (TPSA) is 161 Å². The molecule has 0 spiro atoms. The second kappa shape index (κ2) is 114. The minimum atomic E-state index is 0. The second-order valence-electron chi connectivity index (χ2n) is 4.93. The predicted octanol–water partition coefficient (Wildman–Crippen LogP) is -2.46. The van der Waals surface area contributed by atoms with Crippen LogP contribution in [0.2, 0.25) is 0 Å². The van der Waals surface area contributed by atoms with E-state index in [0.29, 0.717) is 0 Å². The van der Waals surface area contributed by atoms with Gasteiger partial charge in [-0.2, -0.15) is 0 Å². The fraction of sp³-hybridized carbons (Fsp3) is 1.00. The van der Waals surface area contributed by atoms with E-state index < -0.39 is 0 Å². The van der Waals surface area contributed by atoms with Gasteiger partial charge in [0.2, 0.25) is 0 Å². The van der Waals surface area contributed by atoms with Crippen LogP contribution in [-0.4, -0.2) is 74.6 Å². The summed E-state index contributed by atoms with van der Waals surface area (Å²) in [5.74, 6) is 0. The van der Waals surface area contributed by atoms with E-state index in [1.165, 1.54) is 0 Å². The molecule has 0 aromatic carbocycles. The van der Waals surface area contributed by atoms with Gasteiger partial charge >= 0.3 is 28.3 Å². The second-order valence-corrected chi connectivity index (χ2v) is 4.93. The standard InChI is InChI=1S/7C3H7O.Al.Si/c7*1-2-3-4;;/h7*2-3H2,1H3;;/q7*-1;+3;+4. The molecule has 30 heavy (non-hydrogen) atoms. The molecule has 9 heteroatoms. The largest absolute Gasteiger partial charge is 4.00 e. The third-order valence-corrected chi connectivity index (χ3v) is 1.43. The van der Waals surface area contributed by atoms with Crippen molar-refractivity contribution in [3.63, 3.8) is 0 Å². The van der Waals surface area contributed by atoms with Crippen LogP contribution in [0.3, 0.4) is 0 Å². The van der Waals surface area contributed by atoms with Crippen LogP contribution in [0.4, 0.5) is 0 Å². The maximum atomic E-state index is 9.30. The van der Waals surface area contributed by atoms with Gasteiger partial charge in [0.25, 0.3) is 0 Å². The maximum absolute atomic E-state index is 9.30. The first-order chi connectivity index (χ1) is 13.4. The van der Waals surface area contributed by atoms with Crippen LogP contribution >= 0.6 is 0 Å². The van der Waals surface area contributed by atoms with Crippen LogP contribution in [-0.2, 0) is 0 Å². The van der Waals surface area contributed by atoms with Gasteiger partial charge in [-0.3, -0.25) is 0 Å². The number of hydrogen-bond acceptors (Lipinski definition) is 7. The Morgan fingerprint density at radius 1 is 0.300 bits per heavy atom. The van der Waals surface area contributed by atoms with Gasteiger partial charge in [-0.25, -0.2) is 0 Å². The van der Waals surface area contributed by atoms with E-state index in [2.05, 4.69) is 0 Å². The van der Waals surface area contributed by atoms with Crippen molar-refractivity contribution in [3.8, 4) is 0 Å². The smallest absolute Gasteiger partial charge is 0.854 e. The van der Waals surface area contributed by atoms with Gasteiger partial charge < -0.3 is 35.7 Å². The Bertz CT molecular complexity index is 88.6. The van der Waals surface area contributed by atoms with Crippen LogP contribution in [0, 0.1) is 0 Å². The average molecular weight is 469 g/mol. The molecule has 0 saturated heterocycles. The van der Waals surface area contributed by atoms with Gasteiger partial charge in [-0.15, -0.1) is 46.2 Å². The molecule has 0 aliphatic carbocycles. The van der Waals surface area contributed by atoms with Crippen LogP contribution in [0.1, 0.15) is 93.4 Å². The summed E-state index contributed by atoms with van der Waals surface area (Å²) in [5, 5.41) is 65.1. The number of hydrogen-bond donors (Lipinski definition) is 0. The minimum absolute atomic E-state index is 0. The molecule has 0 rings (SSSR count).